The Labute approximate surface area is 154 Å². The summed E-state index contributed by atoms with van der Waals surface area (Å²) < 4.78 is 32.1. The fraction of sp³-hybridized carbons (Fsp3) is 0.562. The van der Waals surface area contributed by atoms with E-state index in [2.05, 4.69) is 15.6 Å². The number of guanidine groups is 1. The second-order valence-corrected chi connectivity index (χ2v) is 5.13. The van der Waals surface area contributed by atoms with E-state index in [1.165, 1.54) is 6.07 Å². The van der Waals surface area contributed by atoms with Crippen LogP contribution >= 0.6 is 24.0 Å². The third-order valence-corrected chi connectivity index (χ3v) is 2.82. The lowest BCUT2D eigenvalue weighted by Crippen LogP contribution is -2.38. The number of hydrogen-bond acceptors (Lipinski definition) is 2. The van der Waals surface area contributed by atoms with Gasteiger partial charge < -0.3 is 15.4 Å². The van der Waals surface area contributed by atoms with E-state index in [9.17, 15) is 8.78 Å². The molecular formula is C16H26F2IN3O. The molecule has 23 heavy (non-hydrogen) atoms. The number of nitrogens with one attached hydrogen (secondary N) is 2. The molecule has 1 aromatic rings. The number of ether oxygens (including phenoxy) is 1. The van der Waals surface area contributed by atoms with Crippen LogP contribution in [-0.4, -0.2) is 31.8 Å². The molecule has 0 atom stereocenters. The Bertz CT molecular complexity index is 484. The Kier molecular flexibility index (Phi) is 11.9. The summed E-state index contributed by atoms with van der Waals surface area (Å²) in [6.07, 6.45) is 1.06. The van der Waals surface area contributed by atoms with Gasteiger partial charge in [-0.1, -0.05) is 0 Å². The van der Waals surface area contributed by atoms with Crippen LogP contribution in [0.1, 0.15) is 32.8 Å². The molecule has 0 amide bonds. The van der Waals surface area contributed by atoms with Crippen molar-refractivity contribution in [2.24, 2.45) is 4.99 Å². The summed E-state index contributed by atoms with van der Waals surface area (Å²) in [5, 5.41) is 6.21. The number of benzene rings is 1. The largest absolute Gasteiger partial charge is 0.379 e. The lowest BCUT2D eigenvalue weighted by molar-refractivity contribution is 0.0776. The van der Waals surface area contributed by atoms with Gasteiger partial charge in [-0.05, 0) is 45.4 Å². The molecule has 0 aliphatic heterocycles. The zero-order chi connectivity index (χ0) is 16.4. The van der Waals surface area contributed by atoms with E-state index in [-0.39, 0.29) is 42.2 Å². The van der Waals surface area contributed by atoms with Gasteiger partial charge in [-0.2, -0.15) is 0 Å². The quantitative estimate of drug-likeness (QED) is 0.281. The number of hydrogen-bond donors (Lipinski definition) is 2. The van der Waals surface area contributed by atoms with Crippen molar-refractivity contribution >= 4 is 29.9 Å². The molecule has 0 saturated carbocycles. The smallest absolute Gasteiger partial charge is 0.191 e. The highest BCUT2D eigenvalue weighted by atomic mass is 127. The molecule has 0 aromatic heterocycles. The SMILES string of the molecule is CCNC(=NCc1cc(F)ccc1F)NCCCOC(C)C.I. The molecule has 132 valence electrons. The molecule has 0 spiro atoms. The van der Waals surface area contributed by atoms with Gasteiger partial charge in [-0.25, -0.2) is 13.8 Å². The molecule has 0 unspecified atom stereocenters. The van der Waals surface area contributed by atoms with Gasteiger partial charge >= 0.3 is 0 Å². The van der Waals surface area contributed by atoms with E-state index in [4.69, 9.17) is 4.74 Å². The maximum atomic E-state index is 13.5. The minimum Gasteiger partial charge on any atom is -0.379 e. The molecule has 0 radical (unpaired) electrons. The van der Waals surface area contributed by atoms with E-state index < -0.39 is 11.6 Å². The van der Waals surface area contributed by atoms with Gasteiger partial charge in [0.15, 0.2) is 5.96 Å². The summed E-state index contributed by atoms with van der Waals surface area (Å²) in [4.78, 5) is 4.27. The summed E-state index contributed by atoms with van der Waals surface area (Å²) in [5.41, 5.74) is 0.236. The van der Waals surface area contributed by atoms with Crippen LogP contribution in [0.25, 0.3) is 0 Å². The normalized spacial score (nSPS) is 11.3. The van der Waals surface area contributed by atoms with Gasteiger partial charge in [0.1, 0.15) is 11.6 Å². The average Bonchev–Trinajstić information content (AvgIpc) is 2.47. The van der Waals surface area contributed by atoms with E-state index >= 15 is 0 Å². The molecule has 4 nitrogen and oxygen atoms in total. The molecule has 0 bridgehead atoms. The number of aliphatic imine (C=N–C) groups is 1. The predicted octanol–water partition coefficient (Wildman–Crippen LogP) is 3.45. The lowest BCUT2D eigenvalue weighted by Gasteiger charge is -2.12. The average molecular weight is 441 g/mol. The standard InChI is InChI=1S/C16H25F2N3O.HI/c1-4-19-16(20-8-5-9-22-12(2)3)21-11-13-10-14(17)6-7-15(13)18;/h6-7,10,12H,4-5,8-9,11H2,1-3H3,(H2,19,20,21);1H. The Morgan fingerprint density at radius 1 is 1.26 bits per heavy atom. The van der Waals surface area contributed by atoms with Crippen LogP contribution in [0.4, 0.5) is 8.78 Å². The molecule has 0 aliphatic carbocycles. The first-order valence-electron chi connectivity index (χ1n) is 7.60. The Hall–Kier alpha value is -0.960. The fourth-order valence-electron chi connectivity index (χ4n) is 1.77. The molecule has 0 heterocycles. The van der Waals surface area contributed by atoms with Crippen molar-refractivity contribution in [1.29, 1.82) is 0 Å². The number of rotatable bonds is 8. The van der Waals surface area contributed by atoms with E-state index in [1.807, 2.05) is 20.8 Å². The molecule has 7 heteroatoms. The van der Waals surface area contributed by atoms with E-state index in [0.717, 1.165) is 18.6 Å². The minimum absolute atomic E-state index is 0. The summed E-state index contributed by atoms with van der Waals surface area (Å²) in [7, 11) is 0. The van der Waals surface area contributed by atoms with Crippen LogP contribution in [0.3, 0.4) is 0 Å². The van der Waals surface area contributed by atoms with Crippen LogP contribution in [-0.2, 0) is 11.3 Å². The van der Waals surface area contributed by atoms with Gasteiger partial charge in [0.05, 0.1) is 12.6 Å². The predicted molar refractivity (Wildman–Crippen MR) is 100 cm³/mol. The molecule has 0 saturated heterocycles. The maximum absolute atomic E-state index is 13.5. The van der Waals surface area contributed by atoms with Crippen molar-refractivity contribution in [2.75, 3.05) is 19.7 Å². The van der Waals surface area contributed by atoms with Crippen molar-refractivity contribution in [3.05, 3.63) is 35.4 Å². The lowest BCUT2D eigenvalue weighted by atomic mass is 10.2. The molecular weight excluding hydrogens is 415 g/mol. The van der Waals surface area contributed by atoms with Crippen molar-refractivity contribution in [1.82, 2.24) is 10.6 Å². The van der Waals surface area contributed by atoms with Crippen LogP contribution in [0.5, 0.6) is 0 Å². The maximum Gasteiger partial charge on any atom is 0.191 e. The van der Waals surface area contributed by atoms with Crippen LogP contribution in [0, 0.1) is 11.6 Å². The van der Waals surface area contributed by atoms with Gasteiger partial charge in [0, 0.05) is 25.3 Å². The van der Waals surface area contributed by atoms with Crippen molar-refractivity contribution in [3.8, 4) is 0 Å². The Morgan fingerprint density at radius 2 is 2.00 bits per heavy atom. The first-order chi connectivity index (χ1) is 10.5. The highest BCUT2D eigenvalue weighted by Crippen LogP contribution is 2.10. The fourth-order valence-corrected chi connectivity index (χ4v) is 1.77. The second-order valence-electron chi connectivity index (χ2n) is 5.13. The summed E-state index contributed by atoms with van der Waals surface area (Å²) in [5.74, 6) is -0.336. The Balaban J connectivity index is 0.00000484. The third kappa shape index (κ3) is 9.70. The Morgan fingerprint density at radius 3 is 2.65 bits per heavy atom. The highest BCUT2D eigenvalue weighted by Gasteiger charge is 2.04. The van der Waals surface area contributed by atoms with E-state index in [1.54, 1.807) is 0 Å². The summed E-state index contributed by atoms with van der Waals surface area (Å²) >= 11 is 0. The molecule has 0 aliphatic rings. The van der Waals surface area contributed by atoms with Gasteiger partial charge in [0.25, 0.3) is 0 Å². The highest BCUT2D eigenvalue weighted by molar-refractivity contribution is 14.0. The first-order valence-corrected chi connectivity index (χ1v) is 7.60. The zero-order valence-corrected chi connectivity index (χ0v) is 16.2. The molecule has 0 fully saturated rings. The molecule has 2 N–H and O–H groups in total. The van der Waals surface area contributed by atoms with Crippen LogP contribution < -0.4 is 10.6 Å². The second kappa shape index (κ2) is 12.5. The molecule has 1 aromatic carbocycles. The van der Waals surface area contributed by atoms with Crippen LogP contribution in [0.15, 0.2) is 23.2 Å². The number of nitrogens with zero attached hydrogens (tertiary/aromatic N) is 1. The van der Waals surface area contributed by atoms with Crippen molar-refractivity contribution in [2.45, 2.75) is 39.8 Å². The topological polar surface area (TPSA) is 45.7 Å². The zero-order valence-electron chi connectivity index (χ0n) is 13.9. The molecule has 1 rings (SSSR count). The first kappa shape index (κ1) is 22.0. The van der Waals surface area contributed by atoms with Gasteiger partial charge in [0.2, 0.25) is 0 Å². The van der Waals surface area contributed by atoms with E-state index in [0.29, 0.717) is 25.7 Å². The summed E-state index contributed by atoms with van der Waals surface area (Å²) in [6, 6.07) is 3.38. The summed E-state index contributed by atoms with van der Waals surface area (Å²) in [6.45, 7) is 8.08. The van der Waals surface area contributed by atoms with Crippen molar-refractivity contribution < 1.29 is 13.5 Å². The number of halogens is 3. The monoisotopic (exact) mass is 441 g/mol. The third-order valence-electron chi connectivity index (χ3n) is 2.82. The minimum atomic E-state index is -0.463. The van der Waals surface area contributed by atoms with Gasteiger partial charge in [-0.15, -0.1) is 24.0 Å². The van der Waals surface area contributed by atoms with Gasteiger partial charge in [-0.3, -0.25) is 0 Å². The van der Waals surface area contributed by atoms with Crippen molar-refractivity contribution in [3.63, 3.8) is 0 Å². The van der Waals surface area contributed by atoms with Crippen LogP contribution in [0.2, 0.25) is 0 Å².